The van der Waals surface area contributed by atoms with E-state index in [1.807, 2.05) is 0 Å². The van der Waals surface area contributed by atoms with Crippen LogP contribution < -0.4 is 10.1 Å². The van der Waals surface area contributed by atoms with Crippen LogP contribution >= 0.6 is 11.6 Å². The highest BCUT2D eigenvalue weighted by Crippen LogP contribution is 2.31. The van der Waals surface area contributed by atoms with Crippen molar-refractivity contribution < 1.29 is 13.9 Å². The Morgan fingerprint density at radius 1 is 1.30 bits per heavy atom. The Labute approximate surface area is 120 Å². The Bertz CT molecular complexity index is 675. The molecule has 0 spiro atoms. The molecule has 0 aliphatic carbocycles. The van der Waals surface area contributed by atoms with Gasteiger partial charge in [0.2, 0.25) is 0 Å². The molecule has 1 amide bonds. The van der Waals surface area contributed by atoms with Gasteiger partial charge >= 0.3 is 0 Å². The van der Waals surface area contributed by atoms with Crippen molar-refractivity contribution in [3.8, 4) is 5.75 Å². The number of nitrogens with one attached hydrogen (secondary N) is 1. The molecule has 0 fully saturated rings. The number of rotatable bonds is 2. The summed E-state index contributed by atoms with van der Waals surface area (Å²) in [6.45, 7) is 0. The van der Waals surface area contributed by atoms with E-state index < -0.39 is 11.9 Å². The Balaban J connectivity index is 1.73. The number of hydrogen-bond acceptors (Lipinski definition) is 2. The van der Waals surface area contributed by atoms with E-state index in [1.54, 1.807) is 30.3 Å². The molecule has 3 rings (SSSR count). The normalized spacial score (nSPS) is 16.4. The minimum atomic E-state index is -0.664. The van der Waals surface area contributed by atoms with Gasteiger partial charge in [-0.15, -0.1) is 0 Å². The predicted molar refractivity (Wildman–Crippen MR) is 74.6 cm³/mol. The van der Waals surface area contributed by atoms with Gasteiger partial charge in [-0.05, 0) is 35.9 Å². The van der Waals surface area contributed by atoms with Crippen LogP contribution in [-0.4, -0.2) is 12.0 Å². The largest absolute Gasteiger partial charge is 0.480 e. The summed E-state index contributed by atoms with van der Waals surface area (Å²) in [4.78, 5) is 12.1. The van der Waals surface area contributed by atoms with Gasteiger partial charge in [0.15, 0.2) is 6.10 Å². The minimum Gasteiger partial charge on any atom is -0.480 e. The molecule has 0 saturated carbocycles. The molecule has 2 aromatic rings. The van der Waals surface area contributed by atoms with Crippen molar-refractivity contribution in [2.45, 2.75) is 12.5 Å². The highest BCUT2D eigenvalue weighted by molar-refractivity contribution is 6.30. The number of hydrogen-bond donors (Lipinski definition) is 1. The van der Waals surface area contributed by atoms with Crippen LogP contribution in [-0.2, 0) is 11.2 Å². The summed E-state index contributed by atoms with van der Waals surface area (Å²) < 4.78 is 19.0. The van der Waals surface area contributed by atoms with E-state index in [-0.39, 0.29) is 11.6 Å². The lowest BCUT2D eigenvalue weighted by Gasteiger charge is -2.11. The van der Waals surface area contributed by atoms with E-state index in [0.717, 1.165) is 5.56 Å². The minimum absolute atomic E-state index is 0.148. The van der Waals surface area contributed by atoms with Crippen LogP contribution in [0.4, 0.5) is 10.1 Å². The van der Waals surface area contributed by atoms with Crippen molar-refractivity contribution in [2.75, 3.05) is 5.32 Å². The molecule has 0 bridgehead atoms. The van der Waals surface area contributed by atoms with Gasteiger partial charge in [0.05, 0.1) is 5.69 Å². The molecule has 1 heterocycles. The van der Waals surface area contributed by atoms with E-state index in [9.17, 15) is 9.18 Å². The van der Waals surface area contributed by atoms with E-state index in [1.165, 1.54) is 12.1 Å². The second-order valence-electron chi connectivity index (χ2n) is 4.53. The van der Waals surface area contributed by atoms with Gasteiger partial charge in [-0.2, -0.15) is 0 Å². The SMILES string of the molecule is O=C(Nc1ccccc1F)C1Cc2cc(Cl)ccc2O1. The van der Waals surface area contributed by atoms with Crippen molar-refractivity contribution >= 4 is 23.2 Å². The first kappa shape index (κ1) is 12.9. The van der Waals surface area contributed by atoms with Gasteiger partial charge in [0.1, 0.15) is 11.6 Å². The first-order valence-electron chi connectivity index (χ1n) is 6.14. The summed E-state index contributed by atoms with van der Waals surface area (Å²) in [5, 5.41) is 3.13. The van der Waals surface area contributed by atoms with Crippen molar-refractivity contribution in [3.63, 3.8) is 0 Å². The first-order valence-corrected chi connectivity index (χ1v) is 6.52. The van der Waals surface area contributed by atoms with Crippen molar-refractivity contribution in [1.82, 2.24) is 0 Å². The molecule has 102 valence electrons. The number of carbonyl (C=O) groups is 1. The van der Waals surface area contributed by atoms with Crippen LogP contribution in [0, 0.1) is 5.82 Å². The third-order valence-electron chi connectivity index (χ3n) is 3.12. The number of halogens is 2. The molecule has 20 heavy (non-hydrogen) atoms. The molecule has 3 nitrogen and oxygen atoms in total. The molecule has 1 aliphatic rings. The average molecular weight is 292 g/mol. The summed E-state index contributed by atoms with van der Waals surface area (Å²) in [7, 11) is 0. The van der Waals surface area contributed by atoms with E-state index >= 15 is 0 Å². The zero-order chi connectivity index (χ0) is 14.1. The summed E-state index contributed by atoms with van der Waals surface area (Å²) in [5.41, 5.74) is 1.03. The average Bonchev–Trinajstić information content (AvgIpc) is 2.84. The van der Waals surface area contributed by atoms with Crippen LogP contribution in [0.15, 0.2) is 42.5 Å². The second kappa shape index (κ2) is 5.13. The molecule has 0 aromatic heterocycles. The summed E-state index contributed by atoms with van der Waals surface area (Å²) in [5.74, 6) is -0.204. The maximum atomic E-state index is 13.5. The number of fused-ring (bicyclic) bond motifs is 1. The number of amides is 1. The molecular weight excluding hydrogens is 281 g/mol. The first-order chi connectivity index (χ1) is 9.63. The molecule has 1 N–H and O–H groups in total. The van der Waals surface area contributed by atoms with E-state index in [0.29, 0.717) is 17.2 Å². The Morgan fingerprint density at radius 3 is 2.90 bits per heavy atom. The highest BCUT2D eigenvalue weighted by atomic mass is 35.5. The van der Waals surface area contributed by atoms with Gasteiger partial charge in [0.25, 0.3) is 5.91 Å². The lowest BCUT2D eigenvalue weighted by atomic mass is 10.1. The lowest BCUT2D eigenvalue weighted by Crippen LogP contribution is -2.31. The summed E-state index contributed by atoms with van der Waals surface area (Å²) in [6, 6.07) is 11.2. The van der Waals surface area contributed by atoms with Crippen molar-refractivity contribution in [3.05, 3.63) is 58.9 Å². The summed E-state index contributed by atoms with van der Waals surface area (Å²) in [6.07, 6.45) is -0.237. The van der Waals surface area contributed by atoms with Gasteiger partial charge in [-0.25, -0.2) is 4.39 Å². The Morgan fingerprint density at radius 2 is 2.10 bits per heavy atom. The number of ether oxygens (including phenoxy) is 1. The molecule has 5 heteroatoms. The zero-order valence-corrected chi connectivity index (χ0v) is 11.2. The van der Waals surface area contributed by atoms with Gasteiger partial charge in [-0.3, -0.25) is 4.79 Å². The molecule has 0 radical (unpaired) electrons. The predicted octanol–water partition coefficient (Wildman–Crippen LogP) is 3.42. The van der Waals surface area contributed by atoms with Crippen LogP contribution in [0.3, 0.4) is 0 Å². The highest BCUT2D eigenvalue weighted by Gasteiger charge is 2.29. The fourth-order valence-corrected chi connectivity index (χ4v) is 2.33. The van der Waals surface area contributed by atoms with Gasteiger partial charge in [-0.1, -0.05) is 23.7 Å². The quantitative estimate of drug-likeness (QED) is 0.921. The zero-order valence-electron chi connectivity index (χ0n) is 10.4. The molecule has 1 aliphatic heterocycles. The maximum absolute atomic E-state index is 13.5. The van der Waals surface area contributed by atoms with Crippen molar-refractivity contribution in [1.29, 1.82) is 0 Å². The fraction of sp³-hybridized carbons (Fsp3) is 0.133. The Hall–Kier alpha value is -2.07. The van der Waals surface area contributed by atoms with Crippen LogP contribution in [0.25, 0.3) is 0 Å². The third-order valence-corrected chi connectivity index (χ3v) is 3.36. The van der Waals surface area contributed by atoms with Crippen LogP contribution in [0.5, 0.6) is 5.75 Å². The standard InChI is InChI=1S/C15H11ClFNO2/c16-10-5-6-13-9(7-10)8-14(20-13)15(19)18-12-4-2-1-3-11(12)17/h1-7,14H,8H2,(H,18,19). The number of carbonyl (C=O) groups excluding carboxylic acids is 1. The number of anilines is 1. The molecule has 1 unspecified atom stereocenters. The van der Waals surface area contributed by atoms with E-state index in [4.69, 9.17) is 16.3 Å². The third kappa shape index (κ3) is 2.47. The lowest BCUT2D eigenvalue weighted by molar-refractivity contribution is -0.122. The maximum Gasteiger partial charge on any atom is 0.265 e. The van der Waals surface area contributed by atoms with Crippen LogP contribution in [0.2, 0.25) is 5.02 Å². The number of benzene rings is 2. The van der Waals surface area contributed by atoms with Gasteiger partial charge in [0, 0.05) is 11.4 Å². The summed E-state index contributed by atoms with van der Waals surface area (Å²) >= 11 is 5.90. The molecular formula is C15H11ClFNO2. The topological polar surface area (TPSA) is 38.3 Å². The van der Waals surface area contributed by atoms with Crippen LogP contribution in [0.1, 0.15) is 5.56 Å². The van der Waals surface area contributed by atoms with Gasteiger partial charge < -0.3 is 10.1 Å². The monoisotopic (exact) mass is 291 g/mol. The van der Waals surface area contributed by atoms with Crippen molar-refractivity contribution in [2.24, 2.45) is 0 Å². The molecule has 1 atom stereocenters. The number of para-hydroxylation sites is 1. The second-order valence-corrected chi connectivity index (χ2v) is 4.97. The molecule has 0 saturated heterocycles. The van der Waals surface area contributed by atoms with E-state index in [2.05, 4.69) is 5.32 Å². The Kier molecular flexibility index (Phi) is 3.32. The molecule has 2 aromatic carbocycles. The fourth-order valence-electron chi connectivity index (χ4n) is 2.14. The smallest absolute Gasteiger partial charge is 0.265 e.